The van der Waals surface area contributed by atoms with Crippen LogP contribution >= 0.6 is 0 Å². The van der Waals surface area contributed by atoms with Gasteiger partial charge >= 0.3 is 6.03 Å². The number of nitrogens with zero attached hydrogens (tertiary/aromatic N) is 1. The SMILES string of the molecule is Cc1ccc(OCCN(C)C(=O)Nc2ccc(NC(=O)c3ccco3)cc2)cc1. The number of benzene rings is 2. The van der Waals surface area contributed by atoms with Crippen LogP contribution in [0.1, 0.15) is 16.1 Å². The highest BCUT2D eigenvalue weighted by molar-refractivity contribution is 6.02. The van der Waals surface area contributed by atoms with E-state index in [-0.39, 0.29) is 17.7 Å². The molecular formula is C22H23N3O4. The number of hydrogen-bond acceptors (Lipinski definition) is 4. The second-order valence-corrected chi connectivity index (χ2v) is 6.52. The van der Waals surface area contributed by atoms with E-state index in [1.54, 1.807) is 48.3 Å². The minimum Gasteiger partial charge on any atom is -0.492 e. The van der Waals surface area contributed by atoms with E-state index in [0.29, 0.717) is 24.5 Å². The Morgan fingerprint density at radius 2 is 1.62 bits per heavy atom. The lowest BCUT2D eigenvalue weighted by Crippen LogP contribution is -2.34. The number of aryl methyl sites for hydroxylation is 1. The average Bonchev–Trinajstić information content (AvgIpc) is 3.26. The predicted molar refractivity (Wildman–Crippen MR) is 111 cm³/mol. The molecule has 1 heterocycles. The van der Waals surface area contributed by atoms with Crippen molar-refractivity contribution in [2.45, 2.75) is 6.92 Å². The molecule has 0 aliphatic heterocycles. The molecule has 3 amide bonds. The van der Waals surface area contributed by atoms with Crippen LogP contribution in [0.4, 0.5) is 16.2 Å². The molecule has 7 nitrogen and oxygen atoms in total. The van der Waals surface area contributed by atoms with Crippen molar-refractivity contribution in [3.8, 4) is 5.75 Å². The van der Waals surface area contributed by atoms with Crippen LogP contribution in [-0.2, 0) is 0 Å². The molecule has 3 aromatic rings. The highest BCUT2D eigenvalue weighted by Crippen LogP contribution is 2.15. The summed E-state index contributed by atoms with van der Waals surface area (Å²) < 4.78 is 10.7. The van der Waals surface area contributed by atoms with Crippen LogP contribution in [0.5, 0.6) is 5.75 Å². The summed E-state index contributed by atoms with van der Waals surface area (Å²) in [7, 11) is 1.70. The van der Waals surface area contributed by atoms with Gasteiger partial charge in [-0.05, 0) is 55.5 Å². The van der Waals surface area contributed by atoms with Gasteiger partial charge in [0.2, 0.25) is 0 Å². The van der Waals surface area contributed by atoms with E-state index in [9.17, 15) is 9.59 Å². The maximum absolute atomic E-state index is 12.3. The Morgan fingerprint density at radius 1 is 0.966 bits per heavy atom. The lowest BCUT2D eigenvalue weighted by Gasteiger charge is -2.18. The summed E-state index contributed by atoms with van der Waals surface area (Å²) >= 11 is 0. The van der Waals surface area contributed by atoms with E-state index in [1.807, 2.05) is 31.2 Å². The van der Waals surface area contributed by atoms with Gasteiger partial charge in [-0.25, -0.2) is 4.79 Å². The van der Waals surface area contributed by atoms with Gasteiger partial charge in [-0.2, -0.15) is 0 Å². The second-order valence-electron chi connectivity index (χ2n) is 6.52. The molecule has 2 N–H and O–H groups in total. The maximum Gasteiger partial charge on any atom is 0.321 e. The van der Waals surface area contributed by atoms with E-state index < -0.39 is 0 Å². The fourth-order valence-electron chi connectivity index (χ4n) is 2.49. The first-order valence-electron chi connectivity index (χ1n) is 9.18. The Labute approximate surface area is 169 Å². The van der Waals surface area contributed by atoms with Crippen LogP contribution < -0.4 is 15.4 Å². The molecule has 29 heavy (non-hydrogen) atoms. The van der Waals surface area contributed by atoms with E-state index in [2.05, 4.69) is 10.6 Å². The Balaban J connectivity index is 1.44. The monoisotopic (exact) mass is 393 g/mol. The summed E-state index contributed by atoms with van der Waals surface area (Å²) in [6, 6.07) is 17.6. The third-order valence-corrected chi connectivity index (χ3v) is 4.20. The van der Waals surface area contributed by atoms with Crippen molar-refractivity contribution in [2.75, 3.05) is 30.8 Å². The highest BCUT2D eigenvalue weighted by atomic mass is 16.5. The number of furan rings is 1. The Hall–Kier alpha value is -3.74. The fraction of sp³-hybridized carbons (Fsp3) is 0.182. The van der Waals surface area contributed by atoms with Gasteiger partial charge in [-0.3, -0.25) is 4.79 Å². The van der Waals surface area contributed by atoms with Gasteiger partial charge in [0.15, 0.2) is 5.76 Å². The normalized spacial score (nSPS) is 10.3. The third-order valence-electron chi connectivity index (χ3n) is 4.20. The fourth-order valence-corrected chi connectivity index (χ4v) is 2.49. The molecule has 0 aliphatic carbocycles. The zero-order chi connectivity index (χ0) is 20.6. The van der Waals surface area contributed by atoms with Crippen molar-refractivity contribution < 1.29 is 18.7 Å². The Morgan fingerprint density at radius 3 is 2.24 bits per heavy atom. The summed E-state index contributed by atoms with van der Waals surface area (Å²) in [6.45, 7) is 2.85. The highest BCUT2D eigenvalue weighted by Gasteiger charge is 2.11. The van der Waals surface area contributed by atoms with Gasteiger partial charge < -0.3 is 24.7 Å². The molecular weight excluding hydrogens is 370 g/mol. The van der Waals surface area contributed by atoms with Crippen molar-refractivity contribution in [3.05, 3.63) is 78.3 Å². The largest absolute Gasteiger partial charge is 0.492 e. The Bertz CT molecular complexity index is 935. The van der Waals surface area contributed by atoms with Crippen molar-refractivity contribution in [3.63, 3.8) is 0 Å². The van der Waals surface area contributed by atoms with Crippen molar-refractivity contribution >= 4 is 23.3 Å². The van der Waals surface area contributed by atoms with Gasteiger partial charge in [-0.15, -0.1) is 0 Å². The lowest BCUT2D eigenvalue weighted by molar-refractivity contribution is 0.0996. The maximum atomic E-state index is 12.3. The summed E-state index contributed by atoms with van der Waals surface area (Å²) in [4.78, 5) is 25.8. The van der Waals surface area contributed by atoms with Crippen LogP contribution in [0.25, 0.3) is 0 Å². The minimum absolute atomic E-state index is 0.233. The van der Waals surface area contributed by atoms with Crippen LogP contribution in [0.2, 0.25) is 0 Å². The van der Waals surface area contributed by atoms with Crippen molar-refractivity contribution in [1.82, 2.24) is 4.90 Å². The van der Waals surface area contributed by atoms with Gasteiger partial charge in [0, 0.05) is 18.4 Å². The number of likely N-dealkylation sites (N-methyl/N-ethyl adjacent to an activating group) is 1. The molecule has 0 fully saturated rings. The quantitative estimate of drug-likeness (QED) is 0.624. The summed E-state index contributed by atoms with van der Waals surface area (Å²) in [6.07, 6.45) is 1.44. The number of nitrogens with one attached hydrogen (secondary N) is 2. The van der Waals surface area contributed by atoms with Gasteiger partial charge in [0.25, 0.3) is 5.91 Å². The lowest BCUT2D eigenvalue weighted by atomic mass is 10.2. The first kappa shape index (κ1) is 20.0. The number of rotatable bonds is 7. The number of carbonyl (C=O) groups excluding carboxylic acids is 2. The molecule has 0 atom stereocenters. The van der Waals surface area contributed by atoms with Crippen LogP contribution in [0, 0.1) is 6.92 Å². The number of hydrogen-bond donors (Lipinski definition) is 2. The standard InChI is InChI=1S/C22H23N3O4/c1-16-5-11-19(12-6-16)28-15-13-25(2)22(27)24-18-9-7-17(8-10-18)23-21(26)20-4-3-14-29-20/h3-12,14H,13,15H2,1-2H3,(H,23,26)(H,24,27). The smallest absolute Gasteiger partial charge is 0.321 e. The number of ether oxygens (including phenoxy) is 1. The van der Waals surface area contributed by atoms with E-state index in [1.165, 1.54) is 11.8 Å². The van der Waals surface area contributed by atoms with Crippen molar-refractivity contribution in [1.29, 1.82) is 0 Å². The average molecular weight is 393 g/mol. The molecule has 0 bridgehead atoms. The van der Waals surface area contributed by atoms with Crippen LogP contribution in [0.15, 0.2) is 71.3 Å². The van der Waals surface area contributed by atoms with E-state index in [4.69, 9.17) is 9.15 Å². The molecule has 0 unspecified atom stereocenters. The first-order chi connectivity index (χ1) is 14.0. The van der Waals surface area contributed by atoms with Gasteiger partial charge in [-0.1, -0.05) is 17.7 Å². The summed E-state index contributed by atoms with van der Waals surface area (Å²) in [5.41, 5.74) is 2.39. The van der Waals surface area contributed by atoms with E-state index >= 15 is 0 Å². The van der Waals surface area contributed by atoms with Crippen molar-refractivity contribution in [2.24, 2.45) is 0 Å². The number of carbonyl (C=O) groups is 2. The predicted octanol–water partition coefficient (Wildman–Crippen LogP) is 4.38. The minimum atomic E-state index is -0.333. The number of urea groups is 1. The van der Waals surface area contributed by atoms with Crippen LogP contribution in [0.3, 0.4) is 0 Å². The summed E-state index contributed by atoms with van der Waals surface area (Å²) in [5.74, 6) is 0.675. The van der Waals surface area contributed by atoms with Gasteiger partial charge in [0.1, 0.15) is 12.4 Å². The Kier molecular flexibility index (Phi) is 6.52. The number of amides is 3. The van der Waals surface area contributed by atoms with Gasteiger partial charge in [0.05, 0.1) is 12.8 Å². The molecule has 0 radical (unpaired) electrons. The third kappa shape index (κ3) is 5.87. The zero-order valence-electron chi connectivity index (χ0n) is 16.3. The molecule has 0 aliphatic rings. The summed E-state index contributed by atoms with van der Waals surface area (Å²) in [5, 5.41) is 5.53. The molecule has 7 heteroatoms. The molecule has 2 aromatic carbocycles. The molecule has 0 spiro atoms. The number of anilines is 2. The molecule has 150 valence electrons. The molecule has 0 saturated heterocycles. The molecule has 0 saturated carbocycles. The molecule has 3 rings (SSSR count). The molecule has 1 aromatic heterocycles. The van der Waals surface area contributed by atoms with E-state index in [0.717, 1.165) is 5.75 Å². The second kappa shape index (κ2) is 9.45. The topological polar surface area (TPSA) is 83.8 Å². The van der Waals surface area contributed by atoms with Crippen LogP contribution in [-0.4, -0.2) is 37.0 Å². The first-order valence-corrected chi connectivity index (χ1v) is 9.18. The zero-order valence-corrected chi connectivity index (χ0v) is 16.3.